The topological polar surface area (TPSA) is 0 Å². The van der Waals surface area contributed by atoms with Gasteiger partial charge in [-0.2, -0.15) is 0 Å². The molecule has 0 bridgehead atoms. The van der Waals surface area contributed by atoms with Crippen LogP contribution in [0.1, 0.15) is 30.7 Å². The Labute approximate surface area is 82.5 Å². The molecule has 1 fully saturated rings. The minimum absolute atomic E-state index is 0.0874. The van der Waals surface area contributed by atoms with Crippen molar-refractivity contribution < 1.29 is 4.39 Å². The molecule has 0 aliphatic heterocycles. The van der Waals surface area contributed by atoms with Crippen molar-refractivity contribution in [2.45, 2.75) is 30.1 Å². The van der Waals surface area contributed by atoms with E-state index in [4.69, 9.17) is 0 Å². The van der Waals surface area contributed by atoms with Gasteiger partial charge in [-0.25, -0.2) is 4.39 Å². The van der Waals surface area contributed by atoms with Crippen LogP contribution in [0.4, 0.5) is 4.39 Å². The minimum Gasteiger partial charge on any atom is -0.206 e. The van der Waals surface area contributed by atoms with E-state index in [0.29, 0.717) is 5.92 Å². The third-order valence-electron chi connectivity index (χ3n) is 2.75. The van der Waals surface area contributed by atoms with Crippen molar-refractivity contribution in [1.82, 2.24) is 0 Å². The number of benzene rings is 1. The molecule has 0 aromatic heterocycles. The second-order valence-electron chi connectivity index (χ2n) is 3.52. The zero-order valence-corrected chi connectivity index (χ0v) is 8.53. The minimum atomic E-state index is -0.0874. The van der Waals surface area contributed by atoms with E-state index in [9.17, 15) is 4.39 Å². The standard InChI is InChI=1S/C11H13FS/c1-13-11-7-9(5-6-10(11)12)8-3-2-4-8/h5-8H,2-4H2,1H3. The maximum atomic E-state index is 13.1. The van der Waals surface area contributed by atoms with Gasteiger partial charge in [-0.3, -0.25) is 0 Å². The molecule has 0 amide bonds. The Hall–Kier alpha value is -0.500. The normalized spacial score (nSPS) is 17.1. The summed E-state index contributed by atoms with van der Waals surface area (Å²) in [6.45, 7) is 0. The van der Waals surface area contributed by atoms with Gasteiger partial charge < -0.3 is 0 Å². The molecule has 0 unspecified atom stereocenters. The van der Waals surface area contributed by atoms with Gasteiger partial charge in [0.1, 0.15) is 5.82 Å². The number of hydrogen-bond acceptors (Lipinski definition) is 1. The SMILES string of the molecule is CSc1cc(C2CCC2)ccc1F. The summed E-state index contributed by atoms with van der Waals surface area (Å²) in [5, 5.41) is 0. The van der Waals surface area contributed by atoms with Crippen molar-refractivity contribution in [1.29, 1.82) is 0 Å². The molecule has 0 nitrogen and oxygen atoms in total. The van der Waals surface area contributed by atoms with E-state index in [0.717, 1.165) is 4.90 Å². The molecule has 0 saturated heterocycles. The van der Waals surface area contributed by atoms with Crippen LogP contribution in [0.5, 0.6) is 0 Å². The first-order valence-electron chi connectivity index (χ1n) is 4.64. The average molecular weight is 196 g/mol. The maximum Gasteiger partial charge on any atom is 0.136 e. The lowest BCUT2D eigenvalue weighted by Gasteiger charge is -2.26. The largest absolute Gasteiger partial charge is 0.206 e. The van der Waals surface area contributed by atoms with Crippen LogP contribution in [0.2, 0.25) is 0 Å². The first-order chi connectivity index (χ1) is 6.31. The molecule has 0 heterocycles. The van der Waals surface area contributed by atoms with Crippen molar-refractivity contribution in [3.05, 3.63) is 29.6 Å². The van der Waals surface area contributed by atoms with Crippen LogP contribution >= 0.6 is 11.8 Å². The number of thioether (sulfide) groups is 1. The Balaban J connectivity index is 2.26. The van der Waals surface area contributed by atoms with E-state index in [1.807, 2.05) is 18.4 Å². The van der Waals surface area contributed by atoms with E-state index in [2.05, 4.69) is 0 Å². The Morgan fingerprint density at radius 1 is 1.38 bits per heavy atom. The Kier molecular flexibility index (Phi) is 2.58. The molecule has 1 saturated carbocycles. The summed E-state index contributed by atoms with van der Waals surface area (Å²) in [5.41, 5.74) is 1.32. The summed E-state index contributed by atoms with van der Waals surface area (Å²) in [6, 6.07) is 5.53. The van der Waals surface area contributed by atoms with Crippen LogP contribution in [0, 0.1) is 5.82 Å². The Bertz CT molecular complexity index is 305. The van der Waals surface area contributed by atoms with Gasteiger partial charge in [0.25, 0.3) is 0 Å². The molecule has 2 rings (SSSR count). The number of halogens is 1. The van der Waals surface area contributed by atoms with Gasteiger partial charge in [0.05, 0.1) is 0 Å². The molecule has 0 spiro atoms. The summed E-state index contributed by atoms with van der Waals surface area (Å²) in [4.78, 5) is 0.782. The molecule has 0 N–H and O–H groups in total. The summed E-state index contributed by atoms with van der Waals surface area (Å²) in [7, 11) is 0. The van der Waals surface area contributed by atoms with Crippen LogP contribution < -0.4 is 0 Å². The molecule has 1 aliphatic rings. The molecule has 1 aromatic rings. The van der Waals surface area contributed by atoms with E-state index in [-0.39, 0.29) is 5.82 Å². The van der Waals surface area contributed by atoms with Gasteiger partial charge in [0.2, 0.25) is 0 Å². The second kappa shape index (κ2) is 3.70. The number of rotatable bonds is 2. The second-order valence-corrected chi connectivity index (χ2v) is 4.37. The van der Waals surface area contributed by atoms with Gasteiger partial charge in [0, 0.05) is 4.90 Å². The molecule has 2 heteroatoms. The van der Waals surface area contributed by atoms with E-state index >= 15 is 0 Å². The van der Waals surface area contributed by atoms with Crippen LogP contribution in [0.25, 0.3) is 0 Å². The van der Waals surface area contributed by atoms with Gasteiger partial charge in [-0.1, -0.05) is 12.5 Å². The third kappa shape index (κ3) is 1.73. The molecule has 1 aliphatic carbocycles. The lowest BCUT2D eigenvalue weighted by Crippen LogP contribution is -2.08. The maximum absolute atomic E-state index is 13.1. The number of hydrogen-bond donors (Lipinski definition) is 0. The van der Waals surface area contributed by atoms with Gasteiger partial charge in [0.15, 0.2) is 0 Å². The molecule has 70 valence electrons. The average Bonchev–Trinajstić information content (AvgIpc) is 2.05. The first kappa shape index (κ1) is 9.07. The van der Waals surface area contributed by atoms with Crippen molar-refractivity contribution in [3.63, 3.8) is 0 Å². The Morgan fingerprint density at radius 3 is 2.69 bits per heavy atom. The molecular formula is C11H13FS. The van der Waals surface area contributed by atoms with E-state index < -0.39 is 0 Å². The highest BCUT2D eigenvalue weighted by molar-refractivity contribution is 7.98. The molecule has 1 aromatic carbocycles. The molecule has 0 atom stereocenters. The van der Waals surface area contributed by atoms with Crippen LogP contribution in [0.3, 0.4) is 0 Å². The van der Waals surface area contributed by atoms with Gasteiger partial charge in [-0.05, 0) is 42.7 Å². The quantitative estimate of drug-likeness (QED) is 0.648. The lowest BCUT2D eigenvalue weighted by atomic mass is 9.80. The highest BCUT2D eigenvalue weighted by Crippen LogP contribution is 2.37. The summed E-state index contributed by atoms with van der Waals surface area (Å²) in [5.74, 6) is 0.613. The predicted octanol–water partition coefficient (Wildman–Crippen LogP) is 3.82. The fraction of sp³-hybridized carbons (Fsp3) is 0.455. The molecular weight excluding hydrogens is 183 g/mol. The summed E-state index contributed by atoms with van der Waals surface area (Å²) >= 11 is 1.49. The van der Waals surface area contributed by atoms with Crippen LogP contribution in [0.15, 0.2) is 23.1 Å². The van der Waals surface area contributed by atoms with Crippen molar-refractivity contribution in [2.24, 2.45) is 0 Å². The summed E-state index contributed by atoms with van der Waals surface area (Å²) in [6.07, 6.45) is 5.80. The molecule has 0 radical (unpaired) electrons. The van der Waals surface area contributed by atoms with Crippen molar-refractivity contribution in [2.75, 3.05) is 6.26 Å². The van der Waals surface area contributed by atoms with Crippen molar-refractivity contribution in [3.8, 4) is 0 Å². The van der Waals surface area contributed by atoms with Crippen LogP contribution in [-0.4, -0.2) is 6.26 Å². The highest BCUT2D eigenvalue weighted by Gasteiger charge is 2.20. The third-order valence-corrected chi connectivity index (χ3v) is 3.50. The molecule has 13 heavy (non-hydrogen) atoms. The fourth-order valence-electron chi connectivity index (χ4n) is 1.67. The fourth-order valence-corrected chi connectivity index (χ4v) is 2.19. The van der Waals surface area contributed by atoms with Gasteiger partial charge in [-0.15, -0.1) is 11.8 Å². The predicted molar refractivity (Wildman–Crippen MR) is 54.8 cm³/mol. The highest BCUT2D eigenvalue weighted by atomic mass is 32.2. The zero-order chi connectivity index (χ0) is 9.26. The lowest BCUT2D eigenvalue weighted by molar-refractivity contribution is 0.418. The van der Waals surface area contributed by atoms with E-state index in [1.54, 1.807) is 6.07 Å². The Morgan fingerprint density at radius 2 is 2.15 bits per heavy atom. The van der Waals surface area contributed by atoms with Crippen molar-refractivity contribution >= 4 is 11.8 Å². The van der Waals surface area contributed by atoms with E-state index in [1.165, 1.54) is 36.6 Å². The first-order valence-corrected chi connectivity index (χ1v) is 5.87. The smallest absolute Gasteiger partial charge is 0.136 e. The van der Waals surface area contributed by atoms with Gasteiger partial charge >= 0.3 is 0 Å². The van der Waals surface area contributed by atoms with Crippen LogP contribution in [-0.2, 0) is 0 Å². The zero-order valence-electron chi connectivity index (χ0n) is 7.72. The monoisotopic (exact) mass is 196 g/mol. The summed E-state index contributed by atoms with van der Waals surface area (Å²) < 4.78 is 13.1.